The second-order valence-corrected chi connectivity index (χ2v) is 7.60. The maximum Gasteiger partial charge on any atom is 0.328 e. The van der Waals surface area contributed by atoms with E-state index in [-0.39, 0.29) is 18.2 Å². The zero-order chi connectivity index (χ0) is 21.3. The molecule has 1 N–H and O–H groups in total. The fourth-order valence-electron chi connectivity index (χ4n) is 3.35. The molecule has 3 aromatic rings. The number of nitrogens with zero attached hydrogens (tertiary/aromatic N) is 1. The molecule has 1 aliphatic rings. The summed E-state index contributed by atoms with van der Waals surface area (Å²) in [5, 5.41) is 5.60. The van der Waals surface area contributed by atoms with Gasteiger partial charge in [0.05, 0.1) is 0 Å². The molecule has 0 aromatic heterocycles. The van der Waals surface area contributed by atoms with Gasteiger partial charge in [-0.1, -0.05) is 59.6 Å². The van der Waals surface area contributed by atoms with Crippen LogP contribution in [0.5, 0.6) is 5.75 Å². The van der Waals surface area contributed by atoms with Gasteiger partial charge in [-0.2, -0.15) is 0 Å². The zero-order valence-corrected chi connectivity index (χ0v) is 17.6. The van der Waals surface area contributed by atoms with Crippen LogP contribution in [0.4, 0.5) is 4.79 Å². The molecule has 0 saturated carbocycles. The lowest BCUT2D eigenvalue weighted by molar-refractivity contribution is -0.122. The van der Waals surface area contributed by atoms with Crippen LogP contribution in [-0.2, 0) is 11.4 Å². The third kappa shape index (κ3) is 3.86. The summed E-state index contributed by atoms with van der Waals surface area (Å²) in [7, 11) is 0. The number of amides is 3. The Bertz CT molecular complexity index is 1190. The Hall–Kier alpha value is -3.02. The van der Waals surface area contributed by atoms with E-state index in [1.165, 1.54) is 0 Å². The first-order chi connectivity index (χ1) is 14.5. The minimum Gasteiger partial charge on any atom is -0.488 e. The molecule has 0 aliphatic carbocycles. The number of hydrogen-bond donors (Lipinski definition) is 1. The zero-order valence-electron chi connectivity index (χ0n) is 16.1. The van der Waals surface area contributed by atoms with E-state index in [1.54, 1.807) is 25.1 Å². The lowest BCUT2D eigenvalue weighted by Gasteiger charge is -2.13. The highest BCUT2D eigenvalue weighted by molar-refractivity contribution is 6.35. The predicted octanol–water partition coefficient (Wildman–Crippen LogP) is 5.64. The summed E-state index contributed by atoms with van der Waals surface area (Å²) in [4.78, 5) is 25.8. The molecule has 5 nitrogen and oxygen atoms in total. The highest BCUT2D eigenvalue weighted by Gasteiger charge is 2.32. The number of hydrogen-bond acceptors (Lipinski definition) is 3. The van der Waals surface area contributed by atoms with Gasteiger partial charge in [0, 0.05) is 27.7 Å². The van der Waals surface area contributed by atoms with Gasteiger partial charge in [0.25, 0.3) is 5.91 Å². The smallest absolute Gasteiger partial charge is 0.328 e. The number of rotatable bonds is 5. The van der Waals surface area contributed by atoms with E-state index in [1.807, 2.05) is 42.5 Å². The monoisotopic (exact) mass is 440 g/mol. The first-order valence-corrected chi connectivity index (χ1v) is 10.2. The molecule has 1 aliphatic heterocycles. The fourth-order valence-corrected chi connectivity index (χ4v) is 3.81. The van der Waals surface area contributed by atoms with Crippen LogP contribution in [0, 0.1) is 0 Å². The van der Waals surface area contributed by atoms with Gasteiger partial charge in [-0.15, -0.1) is 0 Å². The van der Waals surface area contributed by atoms with E-state index in [4.69, 9.17) is 27.9 Å². The van der Waals surface area contributed by atoms with Gasteiger partial charge in [-0.25, -0.2) is 4.79 Å². The molecule has 30 heavy (non-hydrogen) atoms. The Morgan fingerprint density at radius 1 is 1.07 bits per heavy atom. The van der Waals surface area contributed by atoms with Crippen LogP contribution in [0.15, 0.2) is 60.3 Å². The van der Waals surface area contributed by atoms with Crippen molar-refractivity contribution in [2.45, 2.75) is 13.5 Å². The average molecular weight is 441 g/mol. The number of benzene rings is 3. The van der Waals surface area contributed by atoms with Gasteiger partial charge < -0.3 is 10.1 Å². The number of imide groups is 1. The van der Waals surface area contributed by atoms with Crippen LogP contribution in [-0.4, -0.2) is 23.4 Å². The molecule has 0 atom stereocenters. The maximum absolute atomic E-state index is 12.6. The van der Waals surface area contributed by atoms with Gasteiger partial charge in [0.15, 0.2) is 0 Å². The van der Waals surface area contributed by atoms with Gasteiger partial charge in [0.1, 0.15) is 18.1 Å². The van der Waals surface area contributed by atoms with E-state index in [9.17, 15) is 9.59 Å². The molecule has 1 heterocycles. The number of halogens is 2. The molecule has 0 unspecified atom stereocenters. The van der Waals surface area contributed by atoms with Crippen molar-refractivity contribution < 1.29 is 14.3 Å². The normalized spacial score (nSPS) is 15.2. The molecule has 0 radical (unpaired) electrons. The number of fused-ring (bicyclic) bond motifs is 1. The number of urea groups is 1. The molecule has 1 saturated heterocycles. The minimum atomic E-state index is -0.426. The van der Waals surface area contributed by atoms with Crippen LogP contribution in [0.2, 0.25) is 10.0 Å². The van der Waals surface area contributed by atoms with E-state index in [0.29, 0.717) is 27.9 Å². The lowest BCUT2D eigenvalue weighted by atomic mass is 10.0. The molecule has 1 fully saturated rings. The third-order valence-corrected chi connectivity index (χ3v) is 5.48. The summed E-state index contributed by atoms with van der Waals surface area (Å²) in [6.07, 6.45) is 1.66. The van der Waals surface area contributed by atoms with Crippen molar-refractivity contribution >= 4 is 52.0 Å². The van der Waals surface area contributed by atoms with Crippen molar-refractivity contribution in [1.82, 2.24) is 10.2 Å². The molecular formula is C23H18Cl2N2O3. The van der Waals surface area contributed by atoms with Crippen molar-refractivity contribution in [2.24, 2.45) is 0 Å². The van der Waals surface area contributed by atoms with Crippen molar-refractivity contribution in [2.75, 3.05) is 6.54 Å². The quantitative estimate of drug-likeness (QED) is 0.412. The molecule has 3 amide bonds. The van der Waals surface area contributed by atoms with Gasteiger partial charge in [-0.3, -0.25) is 9.69 Å². The highest BCUT2D eigenvalue weighted by Crippen LogP contribution is 2.32. The summed E-state index contributed by atoms with van der Waals surface area (Å²) >= 11 is 12.2. The largest absolute Gasteiger partial charge is 0.488 e. The van der Waals surface area contributed by atoms with Crippen molar-refractivity contribution in [3.05, 3.63) is 81.5 Å². The van der Waals surface area contributed by atoms with Crippen molar-refractivity contribution in [3.63, 3.8) is 0 Å². The molecule has 4 rings (SSSR count). The Kier molecular flexibility index (Phi) is 5.66. The van der Waals surface area contributed by atoms with E-state index in [0.717, 1.165) is 21.2 Å². The number of likely N-dealkylation sites (N-methyl/N-ethyl adjacent to an activating group) is 1. The summed E-state index contributed by atoms with van der Waals surface area (Å²) in [5.74, 6) is 0.214. The van der Waals surface area contributed by atoms with E-state index >= 15 is 0 Å². The molecule has 3 aromatic carbocycles. The average Bonchev–Trinajstić information content (AvgIpc) is 3.00. The Morgan fingerprint density at radius 2 is 1.87 bits per heavy atom. The summed E-state index contributed by atoms with van der Waals surface area (Å²) < 4.78 is 6.07. The first-order valence-electron chi connectivity index (χ1n) is 9.41. The number of carbonyl (C=O) groups excluding carboxylic acids is 2. The summed E-state index contributed by atoms with van der Waals surface area (Å²) in [6, 6.07) is 16.4. The van der Waals surface area contributed by atoms with Crippen LogP contribution < -0.4 is 10.1 Å². The van der Waals surface area contributed by atoms with Crippen LogP contribution in [0.1, 0.15) is 18.1 Å². The molecule has 152 valence electrons. The van der Waals surface area contributed by atoms with Gasteiger partial charge in [-0.05, 0) is 42.0 Å². The fraction of sp³-hybridized carbons (Fsp3) is 0.130. The Labute approximate surface area is 183 Å². The molecular weight excluding hydrogens is 423 g/mol. The van der Waals surface area contributed by atoms with Crippen molar-refractivity contribution in [1.29, 1.82) is 0 Å². The summed E-state index contributed by atoms with van der Waals surface area (Å²) in [6.45, 7) is 2.28. The van der Waals surface area contributed by atoms with Gasteiger partial charge >= 0.3 is 6.03 Å². The lowest BCUT2D eigenvalue weighted by Crippen LogP contribution is -2.30. The van der Waals surface area contributed by atoms with Crippen molar-refractivity contribution in [3.8, 4) is 5.75 Å². The second-order valence-electron chi connectivity index (χ2n) is 6.76. The third-order valence-electron chi connectivity index (χ3n) is 4.90. The van der Waals surface area contributed by atoms with Crippen LogP contribution >= 0.6 is 23.2 Å². The Balaban J connectivity index is 1.74. The van der Waals surface area contributed by atoms with E-state index in [2.05, 4.69) is 5.32 Å². The number of ether oxygens (including phenoxy) is 1. The molecule has 7 heteroatoms. The second kappa shape index (κ2) is 8.38. The number of nitrogens with one attached hydrogen (secondary N) is 1. The maximum atomic E-state index is 12.6. The topological polar surface area (TPSA) is 58.6 Å². The predicted molar refractivity (Wildman–Crippen MR) is 119 cm³/mol. The minimum absolute atomic E-state index is 0.215. The SMILES string of the molecule is CCN1C(=O)N/C(=C/c2c(OCc3ccc(Cl)cc3Cl)ccc3ccccc23)C1=O. The molecule has 0 bridgehead atoms. The van der Waals surface area contributed by atoms with Crippen LogP contribution in [0.25, 0.3) is 16.8 Å². The number of carbonyl (C=O) groups is 2. The molecule has 0 spiro atoms. The van der Waals surface area contributed by atoms with Gasteiger partial charge in [0.2, 0.25) is 0 Å². The highest BCUT2D eigenvalue weighted by atomic mass is 35.5. The standard InChI is InChI=1S/C23H18Cl2N2O3/c1-2-27-22(28)20(26-23(27)29)12-18-17-6-4-3-5-14(17)8-10-21(18)30-13-15-7-9-16(24)11-19(15)25/h3-12H,2,13H2,1H3,(H,26,29)/b20-12+. The first kappa shape index (κ1) is 20.3. The summed E-state index contributed by atoms with van der Waals surface area (Å²) in [5.41, 5.74) is 1.71. The van der Waals surface area contributed by atoms with Crippen LogP contribution in [0.3, 0.4) is 0 Å². The Morgan fingerprint density at radius 3 is 2.60 bits per heavy atom. The van der Waals surface area contributed by atoms with E-state index < -0.39 is 6.03 Å².